The molecule has 4 aromatic carbocycles. The number of methoxy groups -OCH3 is 4. The van der Waals surface area contributed by atoms with Crippen LogP contribution in [-0.2, 0) is 125 Å². The minimum absolute atomic E-state index is 0. The van der Waals surface area contributed by atoms with Crippen LogP contribution in [0.1, 0.15) is 105 Å². The summed E-state index contributed by atoms with van der Waals surface area (Å²) in [5.74, 6) is -3.78. The van der Waals surface area contributed by atoms with Crippen molar-refractivity contribution in [3.8, 4) is 0 Å². The van der Waals surface area contributed by atoms with Crippen molar-refractivity contribution < 1.29 is 114 Å². The fourth-order valence-corrected chi connectivity index (χ4v) is 5.80. The Morgan fingerprint density at radius 1 is 0.516 bits per heavy atom. The number of alkyl halides is 5. The van der Waals surface area contributed by atoms with E-state index in [-0.39, 0.29) is 158 Å². The first-order chi connectivity index (χ1) is 41.2. The van der Waals surface area contributed by atoms with Crippen LogP contribution in [0.15, 0.2) is 121 Å². The van der Waals surface area contributed by atoms with Gasteiger partial charge < -0.3 is 85.8 Å². The average molecular weight is 2230 g/mol. The Morgan fingerprint density at radius 3 is 1.00 bits per heavy atom. The summed E-state index contributed by atoms with van der Waals surface area (Å²) in [5, 5.41) is 27.0. The summed E-state index contributed by atoms with van der Waals surface area (Å²) in [6.07, 6.45) is 3.74. The number of ketones is 3. The van der Waals surface area contributed by atoms with Crippen molar-refractivity contribution in [1.82, 2.24) is 5.32 Å². The van der Waals surface area contributed by atoms with Crippen molar-refractivity contribution in [2.24, 2.45) is 29.2 Å². The van der Waals surface area contributed by atoms with E-state index in [0.29, 0.717) is 45.4 Å². The Morgan fingerprint density at radius 2 is 0.789 bits per heavy atom. The quantitative estimate of drug-likeness (QED) is 0.0118. The minimum atomic E-state index is -0.956. The zero-order valence-electron chi connectivity index (χ0n) is 54.2. The van der Waals surface area contributed by atoms with Gasteiger partial charge in [-0.25, -0.2) is 0 Å². The molecule has 5 atom stereocenters. The number of aryl methyl sites for hydroxylation is 3. The summed E-state index contributed by atoms with van der Waals surface area (Å²) < 4.78 is 25.2. The number of amides is 1. The summed E-state index contributed by atoms with van der Waals surface area (Å²) in [4.78, 5) is 88.7. The van der Waals surface area contributed by atoms with Crippen LogP contribution in [0, 0.1) is 30.1 Å². The second-order valence-electron chi connectivity index (χ2n) is 17.7. The molecule has 95 heavy (non-hydrogen) atoms. The Balaban J connectivity index is -0.0000000664. The van der Waals surface area contributed by atoms with Crippen molar-refractivity contribution in [3.63, 3.8) is 0 Å². The molecule has 1 amide bonds. The normalized spacial score (nSPS) is 10.2. The third-order valence-corrected chi connectivity index (χ3v) is 10.2. The fraction of sp³-hybridized carbons (Fsp3) is 0.485. The van der Waals surface area contributed by atoms with E-state index in [2.05, 4.69) is 133 Å². The molecule has 552 valence electrons. The number of aliphatic hydroxyl groups excluding tert-OH is 1. The third kappa shape index (κ3) is 95.8. The molecule has 0 saturated heterocycles. The fourth-order valence-electron chi connectivity index (χ4n) is 5.80. The molecule has 0 aliphatic rings. The number of esters is 2. The maximum atomic E-state index is 11.9. The summed E-state index contributed by atoms with van der Waals surface area (Å²) >= 11 is 13.4. The van der Waals surface area contributed by atoms with Crippen LogP contribution in [0.4, 0.5) is 0 Å². The minimum Gasteiger partial charge on any atom is -0.481 e. The number of hydrogen-bond donors (Lipinski definition) is 6. The van der Waals surface area contributed by atoms with Gasteiger partial charge in [-0.1, -0.05) is 263 Å². The zero-order chi connectivity index (χ0) is 68.0. The van der Waals surface area contributed by atoms with E-state index in [0.717, 1.165) is 23.9 Å². The van der Waals surface area contributed by atoms with Gasteiger partial charge in [-0.05, 0) is 55.4 Å². The van der Waals surface area contributed by atoms with Crippen LogP contribution < -0.4 is 16.8 Å². The maximum Gasteiger partial charge on any atom is 0.310 e. The monoisotopic (exact) mass is 2220 g/mol. The molecule has 0 aliphatic heterocycles. The number of benzene rings is 4. The van der Waals surface area contributed by atoms with Crippen LogP contribution >= 0.6 is 172 Å². The molecule has 2 radical (unpaired) electrons. The Kier molecular flexibility index (Phi) is 126. The summed E-state index contributed by atoms with van der Waals surface area (Å²) in [7, 11) is 6.17. The summed E-state index contributed by atoms with van der Waals surface area (Å²) in [5.41, 5.74) is 15.7. The number of carboxylic acid groups (broad SMARTS) is 2. The number of aliphatic hydroxyl groups is 1. The van der Waals surface area contributed by atoms with Gasteiger partial charge in [0.05, 0.1) is 53.3 Å². The van der Waals surface area contributed by atoms with Gasteiger partial charge in [0.1, 0.15) is 11.8 Å². The second kappa shape index (κ2) is 93.7. The number of carboxylic acids is 2. The molecular formula is C66H109ClI7N3O16V2-2. The standard InChI is InChI=1S/C14H19NO3.C13H18O2.C12H17NO2.C7H9N.C5H10O3.C4H6O3.C4H8O3.CHI3.CH2I2.CH2I.3CH4.CH3.ClH.HI.2V/c1-11(16)15-13(10-18-2)14(17)9-8-12-6-4-3-5-7-12;1-11(10-15-2)13(14)9-8-12-6-4-3-5-7-12;1-15-9-11(13)12(14)8-7-10-5-3-2-4-6-10;8-6-7-4-2-1-3-5-7;1-4(3-8-2)5(6)7;1-3(5)7-4(2)6;1-3(2-5)4(6)7;2-1(3)4;2-1-3;1-2;;;;;;;;/h3-7,13H,8-10H2,1-2H3,(H,15,16);3-7,11H,8-10H2,1-2H3;2-6,11H,7-9,13H2,1H3;1-5H,6,8H2;4H,3H2,1-2H3,(H,6,7);1-2H3;3,5H,2H2,1H3,(H,6,7);1H;1H2;1H2;3*1H4;1H3;2*1H;;/q;;;;;;;;;-1;;;;-1;;;;/t13-;2*11-;;4-;;3-;;;;;;;;;;;/m111.1.1.........../s1. The van der Waals surface area contributed by atoms with Gasteiger partial charge in [0.15, 0.2) is 11.6 Å². The SMILES string of the molecule is C.C.C.CC(=O)OC(C)=O.COC[C@@H](C)C(=O)CCc1ccccc1.COC[C@@H](C)C(=O)O.COC[C@@H](N)C(=O)CCc1ccccc1.COC[C@@H](NC(C)=O)C(=O)CCc1ccccc1.C[C@H](CO)C(=O)O.Cl.I.IC(I)I.ICI.NCc1ccccc1.[CH2-]I.[CH3-].[V].[V]. The number of carbonyl (C=O) groups excluding carboxylic acids is 6. The largest absolute Gasteiger partial charge is 0.481 e. The first kappa shape index (κ1) is 128. The van der Waals surface area contributed by atoms with Crippen LogP contribution in [-0.4, -0.2) is 138 Å². The molecule has 19 nitrogen and oxygen atoms in total. The number of Topliss-reactive ketones (excluding diaryl/α,β-unsaturated/α-hetero) is 3. The average Bonchev–Trinajstić information content (AvgIpc) is 1.98. The predicted molar refractivity (Wildman–Crippen MR) is 446 cm³/mol. The molecule has 4 rings (SSSR count). The molecule has 0 heterocycles. The Bertz CT molecular complexity index is 2250. The van der Waals surface area contributed by atoms with Crippen molar-refractivity contribution in [2.75, 3.05) is 63.9 Å². The molecule has 0 aromatic heterocycles. The number of hydrogen-bond acceptors (Lipinski definition) is 16. The maximum absolute atomic E-state index is 11.9. The van der Waals surface area contributed by atoms with Crippen molar-refractivity contribution >= 4 is 219 Å². The Labute approximate surface area is 699 Å². The number of rotatable bonds is 25. The number of aliphatic carboxylic acids is 2. The third-order valence-electron chi connectivity index (χ3n) is 10.2. The van der Waals surface area contributed by atoms with E-state index in [4.69, 9.17) is 41.0 Å². The van der Waals surface area contributed by atoms with E-state index in [1.807, 2.05) is 151 Å². The number of halogens is 8. The summed E-state index contributed by atoms with van der Waals surface area (Å²) in [6, 6.07) is 38.7. The Hall–Kier alpha value is -0.271. The molecule has 0 saturated carbocycles. The van der Waals surface area contributed by atoms with Gasteiger partial charge in [-0.3, -0.25) is 43.3 Å². The number of carbonyl (C=O) groups is 8. The number of nitrogens with one attached hydrogen (secondary N) is 1. The number of nitrogens with two attached hydrogens (primary N) is 2. The molecule has 0 aliphatic carbocycles. The van der Waals surface area contributed by atoms with E-state index in [9.17, 15) is 38.4 Å². The number of ether oxygens (including phenoxy) is 5. The molecule has 8 N–H and O–H groups in total. The van der Waals surface area contributed by atoms with Crippen molar-refractivity contribution in [3.05, 3.63) is 156 Å². The van der Waals surface area contributed by atoms with Crippen LogP contribution in [0.3, 0.4) is 0 Å². The molecule has 29 heteroatoms. The molecule has 0 unspecified atom stereocenters. The molecule has 0 bridgehead atoms. The second-order valence-corrected chi connectivity index (χ2v) is 33.1. The summed E-state index contributed by atoms with van der Waals surface area (Å²) in [6.45, 7) is 10.4. The van der Waals surface area contributed by atoms with Gasteiger partial charge in [-0.2, -0.15) is 0 Å². The van der Waals surface area contributed by atoms with E-state index < -0.39 is 41.9 Å². The molecule has 0 fully saturated rings. The van der Waals surface area contributed by atoms with E-state index >= 15 is 0 Å². The molecule has 0 spiro atoms. The first-order valence-electron chi connectivity index (χ1n) is 26.7. The van der Waals surface area contributed by atoms with Gasteiger partial charge >= 0.3 is 23.9 Å². The van der Waals surface area contributed by atoms with Crippen LogP contribution in [0.5, 0.6) is 0 Å². The predicted octanol–water partition coefficient (Wildman–Crippen LogP) is 15.3. The molecular weight excluding hydrogens is 2120 g/mol. The van der Waals surface area contributed by atoms with Crippen molar-refractivity contribution in [2.45, 2.75) is 121 Å². The van der Waals surface area contributed by atoms with Gasteiger partial charge in [-0.15, -0.1) is 36.4 Å². The smallest absolute Gasteiger partial charge is 0.310 e. The van der Waals surface area contributed by atoms with E-state index in [1.165, 1.54) is 55.5 Å². The first-order valence-corrected chi connectivity index (χ1v) is 35.0. The molecule has 4 aromatic rings. The van der Waals surface area contributed by atoms with Gasteiger partial charge in [0.2, 0.25) is 5.91 Å². The zero-order valence-corrected chi connectivity index (χ0v) is 73.1. The van der Waals surface area contributed by atoms with Crippen molar-refractivity contribution in [1.29, 1.82) is 0 Å². The topological polar surface area (TPSA) is 307 Å². The van der Waals surface area contributed by atoms with Crippen LogP contribution in [0.2, 0.25) is 0 Å². The van der Waals surface area contributed by atoms with Gasteiger partial charge in [0.25, 0.3) is 0 Å². The van der Waals surface area contributed by atoms with Crippen LogP contribution in [0.25, 0.3) is 0 Å². The van der Waals surface area contributed by atoms with Gasteiger partial charge in [0, 0.05) is 118 Å². The van der Waals surface area contributed by atoms with E-state index in [1.54, 1.807) is 21.1 Å².